The van der Waals surface area contributed by atoms with Gasteiger partial charge >= 0.3 is 0 Å². The van der Waals surface area contributed by atoms with E-state index in [0.717, 1.165) is 17.8 Å². The standard InChI is InChI=1S/C12H12FN2/c1-2-8-15-9-7-12(14-15)10-3-5-11(13)6-4-10/h2-7,9H,8H2,1H3. The van der Waals surface area contributed by atoms with Gasteiger partial charge < -0.3 is 0 Å². The summed E-state index contributed by atoms with van der Waals surface area (Å²) in [4.78, 5) is 0. The van der Waals surface area contributed by atoms with Gasteiger partial charge in [0.15, 0.2) is 0 Å². The predicted octanol–water partition coefficient (Wildman–Crippen LogP) is 2.91. The van der Waals surface area contributed by atoms with E-state index in [-0.39, 0.29) is 5.82 Å². The van der Waals surface area contributed by atoms with Crippen molar-refractivity contribution in [2.24, 2.45) is 0 Å². The third-order valence-corrected chi connectivity index (χ3v) is 2.15. The van der Waals surface area contributed by atoms with Crippen LogP contribution in [0.2, 0.25) is 0 Å². The zero-order valence-electron chi connectivity index (χ0n) is 8.52. The van der Waals surface area contributed by atoms with Crippen LogP contribution in [0.4, 0.5) is 4.39 Å². The summed E-state index contributed by atoms with van der Waals surface area (Å²) in [5, 5.41) is 4.36. The van der Waals surface area contributed by atoms with E-state index < -0.39 is 0 Å². The van der Waals surface area contributed by atoms with Crippen molar-refractivity contribution in [3.63, 3.8) is 0 Å². The SMILES string of the molecule is C[CH]Cn1ccc(-c2ccc(F)cc2)n1. The Kier molecular flexibility index (Phi) is 2.81. The molecule has 2 rings (SSSR count). The van der Waals surface area contributed by atoms with Crippen LogP contribution in [0.25, 0.3) is 11.3 Å². The largest absolute Gasteiger partial charge is 0.272 e. The van der Waals surface area contributed by atoms with E-state index in [1.807, 2.05) is 30.3 Å². The smallest absolute Gasteiger partial charge is 0.123 e. The summed E-state index contributed by atoms with van der Waals surface area (Å²) < 4.78 is 14.5. The van der Waals surface area contributed by atoms with Gasteiger partial charge in [-0.1, -0.05) is 6.92 Å². The highest BCUT2D eigenvalue weighted by Crippen LogP contribution is 2.16. The molecule has 1 aromatic carbocycles. The van der Waals surface area contributed by atoms with Crippen LogP contribution in [0.1, 0.15) is 6.92 Å². The van der Waals surface area contributed by atoms with Gasteiger partial charge in [0.05, 0.1) is 5.69 Å². The highest BCUT2D eigenvalue weighted by molar-refractivity contribution is 5.58. The molecule has 77 valence electrons. The second kappa shape index (κ2) is 4.26. The molecule has 0 aliphatic heterocycles. The lowest BCUT2D eigenvalue weighted by Crippen LogP contribution is -1.97. The van der Waals surface area contributed by atoms with Gasteiger partial charge in [-0.3, -0.25) is 4.68 Å². The Morgan fingerprint density at radius 2 is 2.00 bits per heavy atom. The summed E-state index contributed by atoms with van der Waals surface area (Å²) in [6, 6.07) is 8.28. The van der Waals surface area contributed by atoms with Gasteiger partial charge in [0.25, 0.3) is 0 Å². The van der Waals surface area contributed by atoms with E-state index >= 15 is 0 Å². The Morgan fingerprint density at radius 3 is 2.67 bits per heavy atom. The fourth-order valence-electron chi connectivity index (χ4n) is 1.43. The van der Waals surface area contributed by atoms with Gasteiger partial charge in [0.1, 0.15) is 5.82 Å². The first kappa shape index (κ1) is 9.90. The fourth-order valence-corrected chi connectivity index (χ4v) is 1.43. The van der Waals surface area contributed by atoms with E-state index in [4.69, 9.17) is 0 Å². The Labute approximate surface area is 88.4 Å². The molecule has 0 fully saturated rings. The Bertz CT molecular complexity index is 431. The molecule has 2 nitrogen and oxygen atoms in total. The molecule has 0 unspecified atom stereocenters. The first-order chi connectivity index (χ1) is 7.29. The zero-order chi connectivity index (χ0) is 10.7. The first-order valence-electron chi connectivity index (χ1n) is 4.87. The second-order valence-electron chi connectivity index (χ2n) is 3.34. The number of aromatic nitrogens is 2. The molecule has 0 amide bonds. The predicted molar refractivity (Wildman–Crippen MR) is 57.6 cm³/mol. The summed E-state index contributed by atoms with van der Waals surface area (Å²) in [5.41, 5.74) is 1.81. The van der Waals surface area contributed by atoms with E-state index in [1.165, 1.54) is 12.1 Å². The molecule has 1 aromatic heterocycles. The van der Waals surface area contributed by atoms with Crippen molar-refractivity contribution in [1.29, 1.82) is 0 Å². The van der Waals surface area contributed by atoms with E-state index in [1.54, 1.807) is 12.1 Å². The summed E-state index contributed by atoms with van der Waals surface area (Å²) in [6.07, 6.45) is 3.94. The van der Waals surface area contributed by atoms with Crippen molar-refractivity contribution in [2.75, 3.05) is 0 Å². The molecule has 0 bridgehead atoms. The molecule has 0 saturated carbocycles. The van der Waals surface area contributed by atoms with Gasteiger partial charge in [-0.15, -0.1) is 0 Å². The van der Waals surface area contributed by atoms with E-state index in [2.05, 4.69) is 5.10 Å². The van der Waals surface area contributed by atoms with Crippen molar-refractivity contribution in [2.45, 2.75) is 13.5 Å². The summed E-state index contributed by atoms with van der Waals surface area (Å²) >= 11 is 0. The number of halogens is 1. The van der Waals surface area contributed by atoms with Crippen molar-refractivity contribution in [3.05, 3.63) is 48.8 Å². The third-order valence-electron chi connectivity index (χ3n) is 2.15. The maximum absolute atomic E-state index is 12.7. The lowest BCUT2D eigenvalue weighted by molar-refractivity contribution is 0.628. The molecule has 0 N–H and O–H groups in total. The van der Waals surface area contributed by atoms with Crippen LogP contribution in [0.3, 0.4) is 0 Å². The second-order valence-corrected chi connectivity index (χ2v) is 3.34. The fraction of sp³-hybridized carbons (Fsp3) is 0.167. The lowest BCUT2D eigenvalue weighted by Gasteiger charge is -1.97. The van der Waals surface area contributed by atoms with Gasteiger partial charge in [0, 0.05) is 18.3 Å². The minimum atomic E-state index is -0.222. The summed E-state index contributed by atoms with van der Waals surface area (Å²) in [6.45, 7) is 2.78. The molecule has 1 radical (unpaired) electrons. The van der Waals surface area contributed by atoms with E-state index in [0.29, 0.717) is 0 Å². The zero-order valence-corrected chi connectivity index (χ0v) is 8.52. The van der Waals surface area contributed by atoms with Crippen LogP contribution in [0.5, 0.6) is 0 Å². The monoisotopic (exact) mass is 203 g/mol. The molecule has 15 heavy (non-hydrogen) atoms. The van der Waals surface area contributed by atoms with Crippen molar-refractivity contribution >= 4 is 0 Å². The minimum absolute atomic E-state index is 0.222. The van der Waals surface area contributed by atoms with Crippen LogP contribution in [0, 0.1) is 12.2 Å². The Balaban J connectivity index is 2.25. The quantitative estimate of drug-likeness (QED) is 0.750. The van der Waals surface area contributed by atoms with Crippen LogP contribution < -0.4 is 0 Å². The maximum Gasteiger partial charge on any atom is 0.123 e. The number of hydrogen-bond donors (Lipinski definition) is 0. The van der Waals surface area contributed by atoms with Crippen LogP contribution in [0.15, 0.2) is 36.5 Å². The highest BCUT2D eigenvalue weighted by atomic mass is 19.1. The van der Waals surface area contributed by atoms with Crippen LogP contribution in [-0.2, 0) is 6.54 Å². The number of hydrogen-bond acceptors (Lipinski definition) is 1. The molecule has 3 heteroatoms. The van der Waals surface area contributed by atoms with E-state index in [9.17, 15) is 4.39 Å². The highest BCUT2D eigenvalue weighted by Gasteiger charge is 2.01. The average molecular weight is 203 g/mol. The maximum atomic E-state index is 12.7. The van der Waals surface area contributed by atoms with Gasteiger partial charge in [-0.25, -0.2) is 4.39 Å². The minimum Gasteiger partial charge on any atom is -0.272 e. The van der Waals surface area contributed by atoms with Crippen molar-refractivity contribution in [1.82, 2.24) is 9.78 Å². The number of nitrogens with zero attached hydrogens (tertiary/aromatic N) is 2. The molecule has 0 saturated heterocycles. The third kappa shape index (κ3) is 2.24. The lowest BCUT2D eigenvalue weighted by atomic mass is 10.1. The average Bonchev–Trinajstić information content (AvgIpc) is 2.68. The van der Waals surface area contributed by atoms with Crippen LogP contribution >= 0.6 is 0 Å². The summed E-state index contributed by atoms with van der Waals surface area (Å²) in [7, 11) is 0. The molecule has 0 aliphatic carbocycles. The number of benzene rings is 1. The first-order valence-corrected chi connectivity index (χ1v) is 4.87. The molecule has 0 spiro atoms. The van der Waals surface area contributed by atoms with Crippen LogP contribution in [-0.4, -0.2) is 9.78 Å². The normalized spacial score (nSPS) is 10.5. The molecule has 0 atom stereocenters. The van der Waals surface area contributed by atoms with Crippen molar-refractivity contribution < 1.29 is 4.39 Å². The van der Waals surface area contributed by atoms with Gasteiger partial charge in [-0.05, 0) is 36.8 Å². The molecular formula is C12H12FN2. The topological polar surface area (TPSA) is 17.8 Å². The van der Waals surface area contributed by atoms with Gasteiger partial charge in [0.2, 0.25) is 0 Å². The van der Waals surface area contributed by atoms with Gasteiger partial charge in [-0.2, -0.15) is 5.10 Å². The Hall–Kier alpha value is -1.64. The molecule has 2 aromatic rings. The molecular weight excluding hydrogens is 191 g/mol. The Morgan fingerprint density at radius 1 is 1.27 bits per heavy atom. The molecule has 0 aliphatic rings. The van der Waals surface area contributed by atoms with Crippen molar-refractivity contribution in [3.8, 4) is 11.3 Å². The summed E-state index contributed by atoms with van der Waals surface area (Å²) in [5.74, 6) is -0.222. The molecule has 1 heterocycles. The number of rotatable bonds is 3.